The Morgan fingerprint density at radius 2 is 0.971 bits per heavy atom. The highest BCUT2D eigenvalue weighted by Gasteiger charge is 2.16. The molecule has 0 aliphatic heterocycles. The standard InChI is InChI=1S/C29H26O4S/c30-34(31,32)22-10-21-33-27-19-17-26(18-20-27)29(25-15-8-3-9-16-25)28(23-11-4-1-5-12-23)24-13-6-2-7-14-24/h1-9,11-20H,10,21-22H2,(H,30,31,32). The molecule has 0 spiro atoms. The number of ether oxygens (including phenoxy) is 1. The number of rotatable bonds is 9. The van der Waals surface area contributed by atoms with Crippen LogP contribution in [0.15, 0.2) is 115 Å². The first-order chi connectivity index (χ1) is 16.5. The molecule has 0 bridgehead atoms. The van der Waals surface area contributed by atoms with Crippen LogP contribution in [-0.4, -0.2) is 25.3 Å². The Kier molecular flexibility index (Phi) is 7.58. The minimum absolute atomic E-state index is 0.208. The molecule has 0 amide bonds. The molecule has 0 radical (unpaired) electrons. The summed E-state index contributed by atoms with van der Waals surface area (Å²) in [5.74, 6) is 0.330. The molecule has 0 heterocycles. The molecule has 0 unspecified atom stereocenters. The van der Waals surface area contributed by atoms with E-state index in [1.54, 1.807) is 0 Å². The van der Waals surface area contributed by atoms with Crippen molar-refractivity contribution in [2.45, 2.75) is 6.42 Å². The van der Waals surface area contributed by atoms with E-state index < -0.39 is 10.1 Å². The van der Waals surface area contributed by atoms with Crippen LogP contribution in [0.4, 0.5) is 0 Å². The van der Waals surface area contributed by atoms with E-state index in [0.29, 0.717) is 5.75 Å². The Morgan fingerprint density at radius 1 is 0.588 bits per heavy atom. The first kappa shape index (κ1) is 23.5. The van der Waals surface area contributed by atoms with E-state index in [2.05, 4.69) is 36.4 Å². The average Bonchev–Trinajstić information content (AvgIpc) is 2.87. The molecule has 0 atom stereocenters. The quantitative estimate of drug-likeness (QED) is 0.176. The Bertz CT molecular complexity index is 1290. The normalized spacial score (nSPS) is 11.1. The number of hydrogen-bond acceptors (Lipinski definition) is 3. The van der Waals surface area contributed by atoms with Crippen LogP contribution in [0.25, 0.3) is 11.1 Å². The maximum absolute atomic E-state index is 10.9. The van der Waals surface area contributed by atoms with E-state index in [0.717, 1.165) is 33.4 Å². The van der Waals surface area contributed by atoms with Gasteiger partial charge in [-0.3, -0.25) is 4.55 Å². The molecule has 172 valence electrons. The fraction of sp³-hybridized carbons (Fsp3) is 0.103. The first-order valence-corrected chi connectivity index (χ1v) is 12.7. The van der Waals surface area contributed by atoms with Gasteiger partial charge in [0.25, 0.3) is 10.1 Å². The largest absolute Gasteiger partial charge is 0.494 e. The van der Waals surface area contributed by atoms with Gasteiger partial charge in [0, 0.05) is 0 Å². The zero-order chi connectivity index (χ0) is 23.8. The van der Waals surface area contributed by atoms with Crippen molar-refractivity contribution in [3.8, 4) is 5.75 Å². The predicted octanol–water partition coefficient (Wildman–Crippen LogP) is 6.35. The van der Waals surface area contributed by atoms with Gasteiger partial charge in [0.2, 0.25) is 0 Å². The molecule has 0 aromatic heterocycles. The summed E-state index contributed by atoms with van der Waals surface area (Å²) >= 11 is 0. The van der Waals surface area contributed by atoms with Crippen molar-refractivity contribution in [1.82, 2.24) is 0 Å². The molecule has 0 fully saturated rings. The van der Waals surface area contributed by atoms with Crippen molar-refractivity contribution in [3.63, 3.8) is 0 Å². The summed E-state index contributed by atoms with van der Waals surface area (Å²) in [6.45, 7) is 0.208. The van der Waals surface area contributed by atoms with Crippen LogP contribution in [0.5, 0.6) is 5.75 Å². The van der Waals surface area contributed by atoms with Gasteiger partial charge >= 0.3 is 0 Å². The van der Waals surface area contributed by atoms with Crippen LogP contribution in [0.2, 0.25) is 0 Å². The second-order valence-corrected chi connectivity index (χ2v) is 9.43. The molecule has 4 rings (SSSR count). The third-order valence-electron chi connectivity index (χ3n) is 5.40. The summed E-state index contributed by atoms with van der Waals surface area (Å²) in [7, 11) is -3.98. The third-order valence-corrected chi connectivity index (χ3v) is 6.20. The van der Waals surface area contributed by atoms with Crippen LogP contribution in [0.3, 0.4) is 0 Å². The van der Waals surface area contributed by atoms with Gasteiger partial charge in [0.05, 0.1) is 12.4 Å². The highest BCUT2D eigenvalue weighted by Crippen LogP contribution is 2.37. The van der Waals surface area contributed by atoms with Crippen molar-refractivity contribution in [2.75, 3.05) is 12.4 Å². The fourth-order valence-corrected chi connectivity index (χ4v) is 4.36. The van der Waals surface area contributed by atoms with Crippen molar-refractivity contribution in [1.29, 1.82) is 0 Å². The molecule has 1 N–H and O–H groups in total. The summed E-state index contributed by atoms with van der Waals surface area (Å²) in [6, 6.07) is 38.8. The van der Waals surface area contributed by atoms with E-state index in [9.17, 15) is 8.42 Å². The molecule has 0 aliphatic carbocycles. The van der Waals surface area contributed by atoms with Crippen LogP contribution in [-0.2, 0) is 10.1 Å². The zero-order valence-electron chi connectivity index (χ0n) is 18.7. The summed E-state index contributed by atoms with van der Waals surface area (Å²) in [6.07, 6.45) is 0.224. The molecule has 0 saturated heterocycles. The summed E-state index contributed by atoms with van der Waals surface area (Å²) in [4.78, 5) is 0. The first-order valence-electron chi connectivity index (χ1n) is 11.1. The number of hydrogen-bond donors (Lipinski definition) is 1. The fourth-order valence-electron chi connectivity index (χ4n) is 3.87. The second-order valence-electron chi connectivity index (χ2n) is 7.86. The Morgan fingerprint density at radius 3 is 1.35 bits per heavy atom. The van der Waals surface area contributed by atoms with Crippen molar-refractivity contribution in [3.05, 3.63) is 138 Å². The predicted molar refractivity (Wildman–Crippen MR) is 137 cm³/mol. The van der Waals surface area contributed by atoms with Gasteiger partial charge in [-0.2, -0.15) is 8.42 Å². The van der Waals surface area contributed by atoms with Gasteiger partial charge in [-0.05, 0) is 52.0 Å². The van der Waals surface area contributed by atoms with Crippen LogP contribution in [0.1, 0.15) is 28.7 Å². The van der Waals surface area contributed by atoms with Gasteiger partial charge in [-0.1, -0.05) is 103 Å². The number of benzene rings is 4. The third kappa shape index (κ3) is 6.22. The lowest BCUT2D eigenvalue weighted by Crippen LogP contribution is -2.08. The van der Waals surface area contributed by atoms with Gasteiger partial charge in [-0.15, -0.1) is 0 Å². The van der Waals surface area contributed by atoms with Crippen molar-refractivity contribution in [2.24, 2.45) is 0 Å². The molecular formula is C29H26O4S. The van der Waals surface area contributed by atoms with Gasteiger partial charge in [-0.25, -0.2) is 0 Å². The molecule has 4 aromatic carbocycles. The molecule has 0 saturated carbocycles. The monoisotopic (exact) mass is 470 g/mol. The highest BCUT2D eigenvalue weighted by molar-refractivity contribution is 7.85. The van der Waals surface area contributed by atoms with E-state index in [4.69, 9.17) is 9.29 Å². The van der Waals surface area contributed by atoms with Gasteiger partial charge in [0.1, 0.15) is 5.75 Å². The van der Waals surface area contributed by atoms with E-state index >= 15 is 0 Å². The van der Waals surface area contributed by atoms with Crippen molar-refractivity contribution < 1.29 is 17.7 Å². The van der Waals surface area contributed by atoms with E-state index in [1.807, 2.05) is 78.9 Å². The summed E-state index contributed by atoms with van der Waals surface area (Å²) in [5.41, 5.74) is 6.63. The molecule has 5 heteroatoms. The smallest absolute Gasteiger partial charge is 0.264 e. The topological polar surface area (TPSA) is 63.6 Å². The lowest BCUT2D eigenvalue weighted by molar-refractivity contribution is 0.316. The van der Waals surface area contributed by atoms with E-state index in [-0.39, 0.29) is 18.8 Å². The lowest BCUT2D eigenvalue weighted by atomic mass is 9.86. The molecule has 34 heavy (non-hydrogen) atoms. The molecule has 0 aliphatic rings. The second kappa shape index (κ2) is 11.0. The Balaban J connectivity index is 1.77. The van der Waals surface area contributed by atoms with Crippen molar-refractivity contribution >= 4 is 21.3 Å². The minimum Gasteiger partial charge on any atom is -0.494 e. The van der Waals surface area contributed by atoms with E-state index in [1.165, 1.54) is 0 Å². The van der Waals surface area contributed by atoms with Crippen LogP contribution < -0.4 is 4.74 Å². The molecule has 4 nitrogen and oxygen atoms in total. The Labute approximate surface area is 200 Å². The van der Waals surface area contributed by atoms with Crippen LogP contribution in [0, 0.1) is 0 Å². The average molecular weight is 471 g/mol. The molecular weight excluding hydrogens is 444 g/mol. The summed E-state index contributed by atoms with van der Waals surface area (Å²) < 4.78 is 36.3. The summed E-state index contributed by atoms with van der Waals surface area (Å²) in [5, 5.41) is 0. The van der Waals surface area contributed by atoms with Gasteiger partial charge in [0.15, 0.2) is 0 Å². The highest BCUT2D eigenvalue weighted by atomic mass is 32.2. The Hall–Kier alpha value is -3.67. The maximum Gasteiger partial charge on any atom is 0.264 e. The van der Waals surface area contributed by atoms with Crippen LogP contribution >= 0.6 is 0 Å². The zero-order valence-corrected chi connectivity index (χ0v) is 19.5. The minimum atomic E-state index is -3.98. The lowest BCUT2D eigenvalue weighted by Gasteiger charge is -2.18. The SMILES string of the molecule is O=S(=O)(O)CCCOc1ccc(C(=C(c2ccccc2)c2ccccc2)c2ccccc2)cc1. The molecule has 4 aromatic rings. The maximum atomic E-state index is 10.9. The van der Waals surface area contributed by atoms with Gasteiger partial charge < -0.3 is 4.74 Å².